The van der Waals surface area contributed by atoms with Crippen LogP contribution in [-0.2, 0) is 0 Å². The van der Waals surface area contributed by atoms with E-state index < -0.39 is 0 Å². The van der Waals surface area contributed by atoms with E-state index in [4.69, 9.17) is 0 Å². The van der Waals surface area contributed by atoms with Gasteiger partial charge in [-0.15, -0.1) is 0 Å². The van der Waals surface area contributed by atoms with E-state index >= 15 is 0 Å². The first kappa shape index (κ1) is 12.3. The molecule has 1 saturated heterocycles. The predicted octanol–water partition coefficient (Wildman–Crippen LogP) is 1.08. The minimum atomic E-state index is -0.123. The number of nitrogens with one attached hydrogen (secondary N) is 3. The maximum atomic E-state index is 11.6. The molecule has 0 aromatic carbocycles. The largest absolute Gasteiger partial charge is 0.335 e. The molecule has 0 spiro atoms. The highest BCUT2D eigenvalue weighted by Gasteiger charge is 2.26. The Labute approximate surface area is 92.2 Å². The van der Waals surface area contributed by atoms with E-state index in [-0.39, 0.29) is 17.6 Å². The van der Waals surface area contributed by atoms with Crippen LogP contribution in [0.5, 0.6) is 0 Å². The third-order valence-electron chi connectivity index (χ3n) is 3.21. The highest BCUT2D eigenvalue weighted by atomic mass is 16.2. The van der Waals surface area contributed by atoms with Crippen molar-refractivity contribution in [3.63, 3.8) is 0 Å². The van der Waals surface area contributed by atoms with Gasteiger partial charge in [0.05, 0.1) is 0 Å². The molecule has 0 saturated carbocycles. The van der Waals surface area contributed by atoms with Gasteiger partial charge in [-0.25, -0.2) is 4.79 Å². The number of amides is 2. The third kappa shape index (κ3) is 3.70. The molecular weight excluding hydrogens is 190 g/mol. The van der Waals surface area contributed by atoms with Crippen LogP contribution in [0.25, 0.3) is 0 Å². The maximum absolute atomic E-state index is 11.6. The van der Waals surface area contributed by atoms with E-state index in [2.05, 4.69) is 29.8 Å². The van der Waals surface area contributed by atoms with Crippen LogP contribution in [-0.4, -0.2) is 30.7 Å². The lowest BCUT2D eigenvalue weighted by Gasteiger charge is -2.34. The second-order valence-corrected chi connectivity index (χ2v) is 5.04. The standard InChI is InChI=1S/C11H23N3O/c1-5-11(3,4)14-10(15)13-8(2)9-6-12-7-9/h8-9,12H,5-7H2,1-4H3,(H2,13,14,15). The van der Waals surface area contributed by atoms with E-state index in [1.807, 2.05) is 13.8 Å². The molecule has 0 radical (unpaired) electrons. The number of carbonyl (C=O) groups is 1. The molecule has 1 fully saturated rings. The molecule has 1 atom stereocenters. The molecule has 2 amide bonds. The van der Waals surface area contributed by atoms with E-state index in [0.717, 1.165) is 19.5 Å². The molecule has 88 valence electrons. The molecule has 1 unspecified atom stereocenters. The van der Waals surface area contributed by atoms with Gasteiger partial charge in [-0.1, -0.05) is 6.92 Å². The molecule has 0 aromatic heterocycles. The van der Waals surface area contributed by atoms with Gasteiger partial charge in [-0.2, -0.15) is 0 Å². The Balaban J connectivity index is 2.28. The van der Waals surface area contributed by atoms with Crippen LogP contribution in [0.15, 0.2) is 0 Å². The predicted molar refractivity (Wildman–Crippen MR) is 61.9 cm³/mol. The van der Waals surface area contributed by atoms with Gasteiger partial charge in [0.15, 0.2) is 0 Å². The van der Waals surface area contributed by atoms with Gasteiger partial charge in [-0.3, -0.25) is 0 Å². The molecule has 0 bridgehead atoms. The van der Waals surface area contributed by atoms with Crippen molar-refractivity contribution < 1.29 is 4.79 Å². The average Bonchev–Trinajstić information content (AvgIpc) is 1.99. The quantitative estimate of drug-likeness (QED) is 0.654. The van der Waals surface area contributed by atoms with Crippen molar-refractivity contribution in [3.05, 3.63) is 0 Å². The van der Waals surface area contributed by atoms with Gasteiger partial charge < -0.3 is 16.0 Å². The minimum Gasteiger partial charge on any atom is -0.335 e. The highest BCUT2D eigenvalue weighted by Crippen LogP contribution is 2.09. The SMILES string of the molecule is CCC(C)(C)NC(=O)NC(C)C1CNC1. The van der Waals surface area contributed by atoms with E-state index in [1.165, 1.54) is 0 Å². The fourth-order valence-corrected chi connectivity index (χ4v) is 1.42. The molecule has 0 aromatic rings. The molecule has 1 aliphatic heterocycles. The third-order valence-corrected chi connectivity index (χ3v) is 3.21. The maximum Gasteiger partial charge on any atom is 0.315 e. The van der Waals surface area contributed by atoms with Gasteiger partial charge in [0, 0.05) is 30.6 Å². The van der Waals surface area contributed by atoms with Crippen LogP contribution in [0.2, 0.25) is 0 Å². The number of hydrogen-bond acceptors (Lipinski definition) is 2. The van der Waals surface area contributed by atoms with E-state index in [9.17, 15) is 4.79 Å². The average molecular weight is 213 g/mol. The summed E-state index contributed by atoms with van der Waals surface area (Å²) in [5.41, 5.74) is -0.123. The second-order valence-electron chi connectivity index (χ2n) is 5.04. The summed E-state index contributed by atoms with van der Waals surface area (Å²) in [7, 11) is 0. The summed E-state index contributed by atoms with van der Waals surface area (Å²) < 4.78 is 0. The summed E-state index contributed by atoms with van der Waals surface area (Å²) in [5.74, 6) is 0.584. The first-order chi connectivity index (χ1) is 6.94. The molecule has 4 heteroatoms. The Morgan fingerprint density at radius 3 is 2.53 bits per heavy atom. The zero-order valence-electron chi connectivity index (χ0n) is 10.2. The van der Waals surface area contributed by atoms with Crippen molar-refractivity contribution in [2.24, 2.45) is 5.92 Å². The van der Waals surface area contributed by atoms with Gasteiger partial charge in [0.2, 0.25) is 0 Å². The summed E-state index contributed by atoms with van der Waals surface area (Å²) in [6.45, 7) is 10.2. The first-order valence-corrected chi connectivity index (χ1v) is 5.74. The number of carbonyl (C=O) groups excluding carboxylic acids is 1. The van der Waals surface area contributed by atoms with E-state index in [1.54, 1.807) is 0 Å². The lowest BCUT2D eigenvalue weighted by Crippen LogP contribution is -2.57. The molecular formula is C11H23N3O. The fourth-order valence-electron chi connectivity index (χ4n) is 1.42. The van der Waals surface area contributed by atoms with Crippen LogP contribution >= 0.6 is 0 Å². The topological polar surface area (TPSA) is 53.2 Å². The van der Waals surface area contributed by atoms with Crippen molar-refractivity contribution in [1.29, 1.82) is 0 Å². The van der Waals surface area contributed by atoms with Crippen molar-refractivity contribution in [2.75, 3.05) is 13.1 Å². The minimum absolute atomic E-state index is 0.0544. The summed E-state index contributed by atoms with van der Waals surface area (Å²) in [5, 5.41) is 9.15. The highest BCUT2D eigenvalue weighted by molar-refractivity contribution is 5.75. The van der Waals surface area contributed by atoms with Crippen LogP contribution < -0.4 is 16.0 Å². The Hall–Kier alpha value is -0.770. The molecule has 1 rings (SSSR count). The van der Waals surface area contributed by atoms with Crippen molar-refractivity contribution >= 4 is 6.03 Å². The van der Waals surface area contributed by atoms with E-state index in [0.29, 0.717) is 5.92 Å². The zero-order valence-corrected chi connectivity index (χ0v) is 10.2. The Morgan fingerprint density at radius 1 is 1.53 bits per heavy atom. The van der Waals surface area contributed by atoms with Gasteiger partial charge in [0.25, 0.3) is 0 Å². The second kappa shape index (κ2) is 4.84. The van der Waals surface area contributed by atoms with Gasteiger partial charge in [0.1, 0.15) is 0 Å². The smallest absolute Gasteiger partial charge is 0.315 e. The number of rotatable bonds is 4. The van der Waals surface area contributed by atoms with Crippen molar-refractivity contribution in [2.45, 2.75) is 45.7 Å². The fraction of sp³-hybridized carbons (Fsp3) is 0.909. The Morgan fingerprint density at radius 2 is 2.13 bits per heavy atom. The zero-order chi connectivity index (χ0) is 11.5. The van der Waals surface area contributed by atoms with Crippen molar-refractivity contribution in [3.8, 4) is 0 Å². The lowest BCUT2D eigenvalue weighted by molar-refractivity contribution is 0.211. The molecule has 1 aliphatic rings. The molecule has 4 nitrogen and oxygen atoms in total. The van der Waals surface area contributed by atoms with Crippen LogP contribution in [0.1, 0.15) is 34.1 Å². The van der Waals surface area contributed by atoms with Crippen LogP contribution in [0.4, 0.5) is 4.79 Å². The molecule has 15 heavy (non-hydrogen) atoms. The van der Waals surface area contributed by atoms with Crippen molar-refractivity contribution in [1.82, 2.24) is 16.0 Å². The first-order valence-electron chi connectivity index (χ1n) is 5.74. The normalized spacial score (nSPS) is 19.2. The lowest BCUT2D eigenvalue weighted by atomic mass is 9.95. The Bertz CT molecular complexity index is 224. The molecule has 0 aliphatic carbocycles. The summed E-state index contributed by atoms with van der Waals surface area (Å²) in [6, 6.07) is 0.195. The number of hydrogen-bond donors (Lipinski definition) is 3. The molecule has 3 N–H and O–H groups in total. The van der Waals surface area contributed by atoms with Gasteiger partial charge in [-0.05, 0) is 27.2 Å². The van der Waals surface area contributed by atoms with Crippen LogP contribution in [0, 0.1) is 5.92 Å². The summed E-state index contributed by atoms with van der Waals surface area (Å²) >= 11 is 0. The Kier molecular flexibility index (Phi) is 3.97. The van der Waals surface area contributed by atoms with Crippen LogP contribution in [0.3, 0.4) is 0 Å². The summed E-state index contributed by atoms with van der Waals surface area (Å²) in [4.78, 5) is 11.6. The molecule has 1 heterocycles. The monoisotopic (exact) mass is 213 g/mol. The number of urea groups is 1. The van der Waals surface area contributed by atoms with Gasteiger partial charge >= 0.3 is 6.03 Å². The summed E-state index contributed by atoms with van der Waals surface area (Å²) in [6.07, 6.45) is 0.930.